The van der Waals surface area contributed by atoms with Crippen molar-refractivity contribution in [3.05, 3.63) is 46.2 Å². The van der Waals surface area contributed by atoms with Gasteiger partial charge in [0.15, 0.2) is 11.5 Å². The number of fused-ring (bicyclic) bond motifs is 1. The van der Waals surface area contributed by atoms with E-state index < -0.39 is 5.56 Å². The molecule has 0 atom stereocenters. The second-order valence-electron chi connectivity index (χ2n) is 6.91. The zero-order valence-corrected chi connectivity index (χ0v) is 18.4. The van der Waals surface area contributed by atoms with E-state index in [4.69, 9.17) is 18.9 Å². The Hall–Kier alpha value is -3.46. The van der Waals surface area contributed by atoms with Gasteiger partial charge in [0.1, 0.15) is 5.39 Å². The third-order valence-electron chi connectivity index (χ3n) is 4.84. The van der Waals surface area contributed by atoms with Crippen LogP contribution in [0, 0.1) is 0 Å². The van der Waals surface area contributed by atoms with Gasteiger partial charge < -0.3 is 34.1 Å². The average Bonchev–Trinajstić information content (AvgIpc) is 2.77. The maximum absolute atomic E-state index is 12.8. The highest BCUT2D eigenvalue weighted by molar-refractivity contribution is 5.90. The molecule has 2 aromatic carbocycles. The highest BCUT2D eigenvalue weighted by Crippen LogP contribution is 2.41. The van der Waals surface area contributed by atoms with Crippen LogP contribution in [0.15, 0.2) is 35.1 Å². The molecule has 0 saturated heterocycles. The second-order valence-corrected chi connectivity index (χ2v) is 6.91. The summed E-state index contributed by atoms with van der Waals surface area (Å²) >= 11 is 0. The van der Waals surface area contributed by atoms with Crippen molar-refractivity contribution in [3.63, 3.8) is 0 Å². The van der Waals surface area contributed by atoms with Gasteiger partial charge in [-0.1, -0.05) is 12.1 Å². The maximum atomic E-state index is 12.8. The van der Waals surface area contributed by atoms with Gasteiger partial charge in [0.2, 0.25) is 11.7 Å². The third-order valence-corrected chi connectivity index (χ3v) is 4.84. The molecule has 0 amide bonds. The monoisotopic (exact) mass is 428 g/mol. The number of ether oxygens (including phenoxy) is 4. The first kappa shape index (κ1) is 22.2. The van der Waals surface area contributed by atoms with E-state index in [9.17, 15) is 4.79 Å². The number of nitrogens with zero attached hydrogens (tertiary/aromatic N) is 2. The summed E-state index contributed by atoms with van der Waals surface area (Å²) in [4.78, 5) is 22.2. The Morgan fingerprint density at radius 3 is 2.52 bits per heavy atom. The van der Waals surface area contributed by atoms with Crippen molar-refractivity contribution in [1.29, 1.82) is 0 Å². The van der Waals surface area contributed by atoms with Gasteiger partial charge in [0.25, 0.3) is 5.56 Å². The molecule has 31 heavy (non-hydrogen) atoms. The number of hydrogen-bond donors (Lipinski definition) is 2. The Balaban J connectivity index is 1.92. The minimum absolute atomic E-state index is 0.287. The number of methoxy groups -OCH3 is 4. The Kier molecular flexibility index (Phi) is 7.19. The van der Waals surface area contributed by atoms with Gasteiger partial charge in [-0.25, -0.2) is 0 Å². The number of nitrogens with one attached hydrogen (secondary N) is 2. The number of aromatic nitrogens is 2. The Morgan fingerprint density at radius 2 is 1.84 bits per heavy atom. The SMILES string of the molecule is COCCNc1cccc(CN(C)c2nc(=O)c3c(OC)c(OC)c(OC)cc3[nH]2)c1. The number of H-pyrrole nitrogens is 1. The summed E-state index contributed by atoms with van der Waals surface area (Å²) in [7, 11) is 8.04. The molecule has 166 valence electrons. The van der Waals surface area contributed by atoms with Crippen LogP contribution in [0.3, 0.4) is 0 Å². The van der Waals surface area contributed by atoms with Crippen LogP contribution in [-0.2, 0) is 11.3 Å². The van der Waals surface area contributed by atoms with E-state index in [-0.39, 0.29) is 5.75 Å². The summed E-state index contributed by atoms with van der Waals surface area (Å²) in [5.74, 6) is 1.53. The van der Waals surface area contributed by atoms with Crippen molar-refractivity contribution in [2.45, 2.75) is 6.54 Å². The first-order chi connectivity index (χ1) is 15.0. The lowest BCUT2D eigenvalue weighted by atomic mass is 10.2. The van der Waals surface area contributed by atoms with E-state index in [0.29, 0.717) is 41.5 Å². The molecular weight excluding hydrogens is 400 g/mol. The molecular formula is C22H28N4O5. The number of rotatable bonds is 10. The molecule has 0 aliphatic carbocycles. The Bertz CT molecular complexity index is 1100. The summed E-state index contributed by atoms with van der Waals surface area (Å²) < 4.78 is 21.3. The van der Waals surface area contributed by atoms with Crippen molar-refractivity contribution in [2.75, 3.05) is 58.9 Å². The van der Waals surface area contributed by atoms with Crippen LogP contribution in [0.2, 0.25) is 0 Å². The van der Waals surface area contributed by atoms with E-state index in [0.717, 1.165) is 17.8 Å². The molecule has 3 rings (SSSR count). The second kappa shape index (κ2) is 10.0. The molecule has 9 heteroatoms. The van der Waals surface area contributed by atoms with Gasteiger partial charge in [-0.15, -0.1) is 0 Å². The quantitative estimate of drug-likeness (QED) is 0.476. The first-order valence-electron chi connectivity index (χ1n) is 9.78. The summed E-state index contributed by atoms with van der Waals surface area (Å²) in [5.41, 5.74) is 2.21. The maximum Gasteiger partial charge on any atom is 0.286 e. The minimum Gasteiger partial charge on any atom is -0.493 e. The van der Waals surface area contributed by atoms with Crippen molar-refractivity contribution < 1.29 is 18.9 Å². The smallest absolute Gasteiger partial charge is 0.286 e. The molecule has 3 aromatic rings. The van der Waals surface area contributed by atoms with E-state index >= 15 is 0 Å². The molecule has 0 radical (unpaired) electrons. The third kappa shape index (κ3) is 4.83. The van der Waals surface area contributed by atoms with Crippen LogP contribution in [0.25, 0.3) is 10.9 Å². The largest absolute Gasteiger partial charge is 0.493 e. The fourth-order valence-electron chi connectivity index (χ4n) is 3.37. The molecule has 0 spiro atoms. The first-order valence-corrected chi connectivity index (χ1v) is 9.78. The summed E-state index contributed by atoms with van der Waals surface area (Å²) in [5, 5.41) is 3.62. The predicted molar refractivity (Wildman–Crippen MR) is 121 cm³/mol. The van der Waals surface area contributed by atoms with Crippen LogP contribution in [0.4, 0.5) is 11.6 Å². The molecule has 0 saturated carbocycles. The molecule has 0 fully saturated rings. The van der Waals surface area contributed by atoms with Crippen LogP contribution >= 0.6 is 0 Å². The summed E-state index contributed by atoms with van der Waals surface area (Å²) in [6, 6.07) is 9.77. The van der Waals surface area contributed by atoms with Gasteiger partial charge in [-0.3, -0.25) is 4.79 Å². The Morgan fingerprint density at radius 1 is 1.06 bits per heavy atom. The molecule has 9 nitrogen and oxygen atoms in total. The lowest BCUT2D eigenvalue weighted by molar-refractivity contribution is 0.211. The average molecular weight is 428 g/mol. The summed E-state index contributed by atoms with van der Waals surface area (Å²) in [6.07, 6.45) is 0. The fraction of sp³-hybridized carbons (Fsp3) is 0.364. The lowest BCUT2D eigenvalue weighted by Gasteiger charge is -2.20. The Labute approximate surface area is 180 Å². The standard InChI is InChI=1S/C22H28N4O5/c1-26(13-14-7-6-8-15(11-14)23-9-10-28-2)22-24-16-12-17(29-3)19(30-4)20(31-5)18(16)21(27)25-22/h6-8,11-12,23H,9-10,13H2,1-5H3,(H,24,25,27). The van der Waals surface area contributed by atoms with E-state index in [1.54, 1.807) is 13.2 Å². The van der Waals surface area contributed by atoms with Gasteiger partial charge in [-0.2, -0.15) is 4.98 Å². The highest BCUT2D eigenvalue weighted by atomic mass is 16.5. The van der Waals surface area contributed by atoms with Crippen molar-refractivity contribution in [1.82, 2.24) is 9.97 Å². The summed E-state index contributed by atoms with van der Waals surface area (Å²) in [6.45, 7) is 1.91. The van der Waals surface area contributed by atoms with E-state index in [2.05, 4.69) is 21.4 Å². The molecule has 0 aliphatic rings. The minimum atomic E-state index is -0.414. The molecule has 1 aromatic heterocycles. The zero-order chi connectivity index (χ0) is 22.4. The van der Waals surface area contributed by atoms with Crippen LogP contribution in [0.1, 0.15) is 5.56 Å². The van der Waals surface area contributed by atoms with Gasteiger partial charge in [0.05, 0.1) is 33.5 Å². The molecule has 0 unspecified atom stereocenters. The zero-order valence-electron chi connectivity index (χ0n) is 18.4. The number of anilines is 2. The molecule has 0 bridgehead atoms. The van der Waals surface area contributed by atoms with E-state index in [1.165, 1.54) is 21.3 Å². The van der Waals surface area contributed by atoms with Gasteiger partial charge >= 0.3 is 0 Å². The highest BCUT2D eigenvalue weighted by Gasteiger charge is 2.20. The molecule has 1 heterocycles. The normalized spacial score (nSPS) is 10.7. The fourth-order valence-corrected chi connectivity index (χ4v) is 3.37. The lowest BCUT2D eigenvalue weighted by Crippen LogP contribution is -2.23. The van der Waals surface area contributed by atoms with Crippen molar-refractivity contribution in [2.24, 2.45) is 0 Å². The van der Waals surface area contributed by atoms with Crippen molar-refractivity contribution in [3.8, 4) is 17.2 Å². The van der Waals surface area contributed by atoms with Crippen LogP contribution in [0.5, 0.6) is 17.2 Å². The van der Waals surface area contributed by atoms with E-state index in [1.807, 2.05) is 30.1 Å². The van der Waals surface area contributed by atoms with Crippen molar-refractivity contribution >= 4 is 22.5 Å². The number of benzene rings is 2. The molecule has 2 N–H and O–H groups in total. The number of aromatic amines is 1. The van der Waals surface area contributed by atoms with Gasteiger partial charge in [0, 0.05) is 39.0 Å². The molecule has 0 aliphatic heterocycles. The van der Waals surface area contributed by atoms with Crippen LogP contribution in [-0.4, -0.2) is 58.6 Å². The predicted octanol–water partition coefficient (Wildman–Crippen LogP) is 2.64. The number of hydrogen-bond acceptors (Lipinski definition) is 8. The van der Waals surface area contributed by atoms with Crippen LogP contribution < -0.4 is 30.0 Å². The van der Waals surface area contributed by atoms with Gasteiger partial charge in [-0.05, 0) is 17.7 Å². The topological polar surface area (TPSA) is 97.9 Å².